The molecule has 0 aromatic heterocycles. The van der Waals surface area contributed by atoms with Crippen LogP contribution in [0.5, 0.6) is 5.75 Å². The first kappa shape index (κ1) is 15.3. The number of hydrogen-bond acceptors (Lipinski definition) is 2. The van der Waals surface area contributed by atoms with E-state index in [0.29, 0.717) is 16.1 Å². The Morgan fingerprint density at radius 2 is 2.20 bits per heavy atom. The molecule has 1 fully saturated rings. The van der Waals surface area contributed by atoms with Crippen LogP contribution in [-0.2, 0) is 4.79 Å². The van der Waals surface area contributed by atoms with Gasteiger partial charge >= 0.3 is 0 Å². The Morgan fingerprint density at radius 3 is 2.90 bits per heavy atom. The monoisotopic (exact) mass is 343 g/mol. The first-order valence-corrected chi connectivity index (χ1v) is 7.73. The van der Waals surface area contributed by atoms with Crippen molar-refractivity contribution < 1.29 is 13.9 Å². The van der Waals surface area contributed by atoms with Gasteiger partial charge in [-0.1, -0.05) is 19.8 Å². The summed E-state index contributed by atoms with van der Waals surface area (Å²) in [5.74, 6) is 0.521. The van der Waals surface area contributed by atoms with E-state index in [9.17, 15) is 9.18 Å². The molecular formula is C15H19BrFNO2. The van der Waals surface area contributed by atoms with Crippen LogP contribution in [-0.4, -0.2) is 18.6 Å². The summed E-state index contributed by atoms with van der Waals surface area (Å²) in [6.07, 6.45) is 4.61. The van der Waals surface area contributed by atoms with Gasteiger partial charge in [-0.05, 0) is 52.9 Å². The fourth-order valence-corrected chi connectivity index (χ4v) is 2.98. The zero-order chi connectivity index (χ0) is 14.5. The first-order chi connectivity index (χ1) is 9.56. The third kappa shape index (κ3) is 4.20. The van der Waals surface area contributed by atoms with Crippen molar-refractivity contribution in [1.82, 2.24) is 5.32 Å². The number of halogens is 2. The number of rotatable bonds is 4. The second-order valence-corrected chi connectivity index (χ2v) is 6.15. The summed E-state index contributed by atoms with van der Waals surface area (Å²) in [7, 11) is 0. The highest BCUT2D eigenvalue weighted by Gasteiger charge is 2.22. The van der Waals surface area contributed by atoms with Crippen LogP contribution in [0.3, 0.4) is 0 Å². The number of benzene rings is 1. The van der Waals surface area contributed by atoms with Crippen molar-refractivity contribution in [3.05, 3.63) is 28.5 Å². The predicted octanol–water partition coefficient (Wildman–Crippen LogP) is 3.66. The fraction of sp³-hybridized carbons (Fsp3) is 0.533. The summed E-state index contributed by atoms with van der Waals surface area (Å²) in [4.78, 5) is 11.9. The zero-order valence-corrected chi connectivity index (χ0v) is 13.1. The molecule has 1 aliphatic rings. The Kier molecular flexibility index (Phi) is 5.40. The van der Waals surface area contributed by atoms with Crippen molar-refractivity contribution in [2.45, 2.75) is 38.6 Å². The minimum absolute atomic E-state index is 0.0482. The molecule has 1 saturated carbocycles. The van der Waals surface area contributed by atoms with Gasteiger partial charge in [-0.3, -0.25) is 4.79 Å². The Morgan fingerprint density at radius 1 is 1.45 bits per heavy atom. The summed E-state index contributed by atoms with van der Waals surface area (Å²) in [5.41, 5.74) is 0. The van der Waals surface area contributed by atoms with Crippen LogP contribution in [0.15, 0.2) is 22.7 Å². The topological polar surface area (TPSA) is 38.3 Å². The Bertz CT molecular complexity index is 481. The molecule has 3 nitrogen and oxygen atoms in total. The lowest BCUT2D eigenvalue weighted by atomic mass is 9.86. The molecule has 0 spiro atoms. The van der Waals surface area contributed by atoms with E-state index < -0.39 is 0 Å². The molecule has 2 atom stereocenters. The molecule has 0 bridgehead atoms. The predicted molar refractivity (Wildman–Crippen MR) is 79.2 cm³/mol. The molecule has 0 aliphatic heterocycles. The lowest BCUT2D eigenvalue weighted by Crippen LogP contribution is -2.43. The molecular weight excluding hydrogens is 325 g/mol. The van der Waals surface area contributed by atoms with Crippen LogP contribution in [0.4, 0.5) is 4.39 Å². The van der Waals surface area contributed by atoms with Gasteiger partial charge in [-0.25, -0.2) is 4.39 Å². The fourth-order valence-electron chi connectivity index (χ4n) is 2.51. The summed E-state index contributed by atoms with van der Waals surface area (Å²) in [6.45, 7) is 2.12. The maximum Gasteiger partial charge on any atom is 0.258 e. The molecule has 2 rings (SSSR count). The third-order valence-electron chi connectivity index (χ3n) is 3.71. The number of hydrogen-bond donors (Lipinski definition) is 1. The molecule has 1 aromatic rings. The smallest absolute Gasteiger partial charge is 0.258 e. The van der Waals surface area contributed by atoms with Gasteiger partial charge in [0.1, 0.15) is 11.6 Å². The van der Waals surface area contributed by atoms with Crippen molar-refractivity contribution in [3.63, 3.8) is 0 Å². The summed E-state index contributed by atoms with van der Waals surface area (Å²) >= 11 is 3.21. The highest BCUT2D eigenvalue weighted by molar-refractivity contribution is 9.10. The molecule has 1 aromatic carbocycles. The van der Waals surface area contributed by atoms with Crippen LogP contribution in [0.2, 0.25) is 0 Å². The van der Waals surface area contributed by atoms with E-state index in [1.807, 2.05) is 0 Å². The standard InChI is InChI=1S/C15H19BrFNO2/c1-10-4-2-3-5-13(10)18-15(19)9-20-14-7-6-11(17)8-12(14)16/h6-8,10,13H,2-5,9H2,1H3,(H,18,19). The van der Waals surface area contributed by atoms with Gasteiger partial charge in [0.15, 0.2) is 6.61 Å². The molecule has 0 saturated heterocycles. The SMILES string of the molecule is CC1CCCCC1NC(=O)COc1ccc(F)cc1Br. The van der Waals surface area contributed by atoms with E-state index in [2.05, 4.69) is 28.2 Å². The van der Waals surface area contributed by atoms with Crippen molar-refractivity contribution in [2.24, 2.45) is 5.92 Å². The molecule has 1 amide bonds. The number of carbonyl (C=O) groups excluding carboxylic acids is 1. The molecule has 0 radical (unpaired) electrons. The van der Waals surface area contributed by atoms with Crippen LogP contribution < -0.4 is 10.1 Å². The van der Waals surface area contributed by atoms with Crippen LogP contribution in [0.1, 0.15) is 32.6 Å². The minimum Gasteiger partial charge on any atom is -0.483 e. The Labute approximate surface area is 127 Å². The zero-order valence-electron chi connectivity index (χ0n) is 11.5. The number of carbonyl (C=O) groups is 1. The van der Waals surface area contributed by atoms with Gasteiger partial charge in [0.25, 0.3) is 5.91 Å². The number of amides is 1. The molecule has 1 aliphatic carbocycles. The quantitative estimate of drug-likeness (QED) is 0.905. The normalized spacial score (nSPS) is 22.4. The van der Waals surface area contributed by atoms with Crippen LogP contribution in [0.25, 0.3) is 0 Å². The van der Waals surface area contributed by atoms with E-state index in [1.165, 1.54) is 31.0 Å². The molecule has 1 N–H and O–H groups in total. The maximum absolute atomic E-state index is 12.9. The average molecular weight is 344 g/mol. The molecule has 0 heterocycles. The highest BCUT2D eigenvalue weighted by Crippen LogP contribution is 2.26. The Balaban J connectivity index is 1.82. The lowest BCUT2D eigenvalue weighted by Gasteiger charge is -2.29. The van der Waals surface area contributed by atoms with Crippen LogP contribution >= 0.6 is 15.9 Å². The van der Waals surface area contributed by atoms with Gasteiger partial charge in [-0.2, -0.15) is 0 Å². The maximum atomic E-state index is 12.9. The van der Waals surface area contributed by atoms with Crippen molar-refractivity contribution in [1.29, 1.82) is 0 Å². The molecule has 110 valence electrons. The van der Waals surface area contributed by atoms with E-state index in [0.717, 1.165) is 12.8 Å². The summed E-state index contributed by atoms with van der Waals surface area (Å²) in [6, 6.07) is 4.38. The van der Waals surface area contributed by atoms with Crippen molar-refractivity contribution in [3.8, 4) is 5.75 Å². The van der Waals surface area contributed by atoms with Crippen LogP contribution in [0, 0.1) is 11.7 Å². The average Bonchev–Trinajstić information content (AvgIpc) is 2.40. The Hall–Kier alpha value is -1.10. The molecule has 20 heavy (non-hydrogen) atoms. The number of nitrogens with one attached hydrogen (secondary N) is 1. The molecule has 2 unspecified atom stereocenters. The van der Waals surface area contributed by atoms with Gasteiger partial charge in [0.05, 0.1) is 4.47 Å². The second kappa shape index (κ2) is 7.07. The summed E-state index contributed by atoms with van der Waals surface area (Å²) in [5, 5.41) is 3.02. The highest BCUT2D eigenvalue weighted by atomic mass is 79.9. The summed E-state index contributed by atoms with van der Waals surface area (Å²) < 4.78 is 18.8. The molecule has 5 heteroatoms. The van der Waals surface area contributed by atoms with Crippen molar-refractivity contribution in [2.75, 3.05) is 6.61 Å². The minimum atomic E-state index is -0.343. The van der Waals surface area contributed by atoms with E-state index >= 15 is 0 Å². The van der Waals surface area contributed by atoms with Crippen molar-refractivity contribution >= 4 is 21.8 Å². The second-order valence-electron chi connectivity index (χ2n) is 5.30. The largest absolute Gasteiger partial charge is 0.483 e. The van der Waals surface area contributed by atoms with E-state index in [1.54, 1.807) is 0 Å². The first-order valence-electron chi connectivity index (χ1n) is 6.93. The van der Waals surface area contributed by atoms with Gasteiger partial charge in [0.2, 0.25) is 0 Å². The van der Waals surface area contributed by atoms with Gasteiger partial charge in [0, 0.05) is 6.04 Å². The van der Waals surface area contributed by atoms with Gasteiger partial charge < -0.3 is 10.1 Å². The number of ether oxygens (including phenoxy) is 1. The van der Waals surface area contributed by atoms with E-state index in [-0.39, 0.29) is 24.4 Å². The van der Waals surface area contributed by atoms with E-state index in [4.69, 9.17) is 4.74 Å². The lowest BCUT2D eigenvalue weighted by molar-refractivity contribution is -0.124. The third-order valence-corrected chi connectivity index (χ3v) is 4.33. The van der Waals surface area contributed by atoms with Gasteiger partial charge in [-0.15, -0.1) is 0 Å².